The monoisotopic (exact) mass is 280 g/mol. The molecule has 10 nitrogen and oxygen atoms in total. The van der Waals surface area contributed by atoms with Gasteiger partial charge in [-0.1, -0.05) is 0 Å². The Morgan fingerprint density at radius 1 is 0.600 bits per heavy atom. The summed E-state index contributed by atoms with van der Waals surface area (Å²) in [7, 11) is -12.9. The van der Waals surface area contributed by atoms with E-state index in [1.54, 1.807) is 0 Å². The van der Waals surface area contributed by atoms with E-state index in [9.17, 15) is 0 Å². The first-order valence-corrected chi connectivity index (χ1v) is 8.52. The van der Waals surface area contributed by atoms with Crippen LogP contribution in [0.5, 0.6) is 0 Å². The maximum absolute atomic E-state index is 8.97. The first-order valence-electron chi connectivity index (χ1n) is 3.38. The number of rotatable bonds is 6. The molecule has 6 N–H and O–H groups in total. The van der Waals surface area contributed by atoms with Crippen LogP contribution in [0, 0.1) is 0 Å². The molecule has 13 heteroatoms. The van der Waals surface area contributed by atoms with Gasteiger partial charge < -0.3 is 45.9 Å². The van der Waals surface area contributed by atoms with Crippen molar-refractivity contribution in [2.45, 2.75) is 0 Å². The standard InChI is InChI=1S/C2H12O10Si3/c1-9-13(3,4)11-15(7,8)12-14(5,6)10-2/h3-8H,1-2H3. The molecule has 0 fully saturated rings. The van der Waals surface area contributed by atoms with Crippen LogP contribution in [0.2, 0.25) is 0 Å². The van der Waals surface area contributed by atoms with Crippen molar-refractivity contribution in [2.24, 2.45) is 0 Å². The van der Waals surface area contributed by atoms with Crippen LogP contribution in [0.25, 0.3) is 0 Å². The van der Waals surface area contributed by atoms with Gasteiger partial charge in [0, 0.05) is 14.2 Å². The van der Waals surface area contributed by atoms with E-state index in [1.165, 1.54) is 0 Å². The largest absolute Gasteiger partial charge is 0.668 e. The van der Waals surface area contributed by atoms with Gasteiger partial charge in [0.15, 0.2) is 0 Å². The zero-order valence-corrected chi connectivity index (χ0v) is 10.8. The summed E-state index contributed by atoms with van der Waals surface area (Å²) in [5, 5.41) is 0. The predicted molar refractivity (Wildman–Crippen MR) is 46.8 cm³/mol. The summed E-state index contributed by atoms with van der Waals surface area (Å²) in [5.74, 6) is 0. The van der Waals surface area contributed by atoms with Crippen LogP contribution in [0.1, 0.15) is 0 Å². The maximum atomic E-state index is 8.97. The predicted octanol–water partition coefficient (Wildman–Crippen LogP) is -4.43. The van der Waals surface area contributed by atoms with Crippen LogP contribution in [0.15, 0.2) is 0 Å². The van der Waals surface area contributed by atoms with E-state index >= 15 is 0 Å². The third-order valence-corrected chi connectivity index (χ3v) is 6.38. The minimum atomic E-state index is -5.14. The Morgan fingerprint density at radius 2 is 0.867 bits per heavy atom. The van der Waals surface area contributed by atoms with E-state index in [-0.39, 0.29) is 0 Å². The van der Waals surface area contributed by atoms with E-state index in [2.05, 4.69) is 17.1 Å². The van der Waals surface area contributed by atoms with Crippen LogP contribution in [0.3, 0.4) is 0 Å². The second-order valence-corrected chi connectivity index (χ2v) is 8.00. The van der Waals surface area contributed by atoms with Gasteiger partial charge in [-0.15, -0.1) is 0 Å². The Bertz CT molecular complexity index is 183. The molecular weight excluding hydrogens is 268 g/mol. The average molecular weight is 280 g/mol. The molecule has 0 unspecified atom stereocenters. The van der Waals surface area contributed by atoms with E-state index in [0.29, 0.717) is 0 Å². The van der Waals surface area contributed by atoms with Crippen molar-refractivity contribution >= 4 is 27.1 Å². The Kier molecular flexibility index (Phi) is 5.14. The van der Waals surface area contributed by atoms with Gasteiger partial charge in [0.2, 0.25) is 0 Å². The van der Waals surface area contributed by atoms with Gasteiger partial charge in [-0.25, -0.2) is 0 Å². The van der Waals surface area contributed by atoms with Crippen LogP contribution < -0.4 is 0 Å². The van der Waals surface area contributed by atoms with Crippen LogP contribution in [-0.2, 0) is 17.1 Å². The van der Waals surface area contributed by atoms with Crippen LogP contribution >= 0.6 is 0 Å². The maximum Gasteiger partial charge on any atom is 0.668 e. The molecule has 0 aliphatic carbocycles. The molecule has 0 heterocycles. The lowest BCUT2D eigenvalue weighted by Crippen LogP contribution is -2.62. The SMILES string of the molecule is CO[Si](O)(O)O[Si](O)(O)O[Si](O)(O)OC. The minimum Gasteiger partial charge on any atom is -0.368 e. The van der Waals surface area contributed by atoms with Gasteiger partial charge >= 0.3 is 27.1 Å². The first kappa shape index (κ1) is 15.3. The van der Waals surface area contributed by atoms with E-state index in [4.69, 9.17) is 28.8 Å². The van der Waals surface area contributed by atoms with Crippen molar-refractivity contribution < 1.29 is 45.9 Å². The molecule has 0 saturated heterocycles. The van der Waals surface area contributed by atoms with Crippen LogP contribution in [-0.4, -0.2) is 70.1 Å². The lowest BCUT2D eigenvalue weighted by molar-refractivity contribution is -0.00495. The van der Waals surface area contributed by atoms with Crippen molar-refractivity contribution in [2.75, 3.05) is 14.2 Å². The summed E-state index contributed by atoms with van der Waals surface area (Å²) >= 11 is 0. The third-order valence-electron chi connectivity index (χ3n) is 1.06. The molecule has 15 heavy (non-hydrogen) atoms. The molecule has 0 saturated carbocycles. The smallest absolute Gasteiger partial charge is 0.368 e. The molecule has 0 aromatic heterocycles. The highest BCUT2D eigenvalue weighted by molar-refractivity contribution is 6.71. The van der Waals surface area contributed by atoms with E-state index in [0.717, 1.165) is 14.2 Å². The molecule has 0 aromatic carbocycles. The molecule has 0 aliphatic rings. The van der Waals surface area contributed by atoms with Crippen LogP contribution in [0.4, 0.5) is 0 Å². The molecule has 0 radical (unpaired) electrons. The Labute approximate surface area is 87.9 Å². The van der Waals surface area contributed by atoms with Crippen molar-refractivity contribution in [3.8, 4) is 0 Å². The minimum absolute atomic E-state index is 0.843. The average Bonchev–Trinajstić information content (AvgIpc) is 2.00. The van der Waals surface area contributed by atoms with Gasteiger partial charge in [0.1, 0.15) is 0 Å². The molecule has 0 aromatic rings. The van der Waals surface area contributed by atoms with Crippen molar-refractivity contribution in [1.82, 2.24) is 0 Å². The molecule has 0 bridgehead atoms. The quantitative estimate of drug-likeness (QED) is 0.262. The zero-order chi connectivity index (χ0) is 12.3. The second-order valence-electron chi connectivity index (χ2n) is 2.26. The molecular formula is C2H12O10Si3. The fourth-order valence-corrected chi connectivity index (χ4v) is 4.43. The van der Waals surface area contributed by atoms with Gasteiger partial charge in [-0.05, 0) is 0 Å². The van der Waals surface area contributed by atoms with Gasteiger partial charge in [-0.2, -0.15) is 0 Å². The third kappa shape index (κ3) is 6.42. The number of hydrogen-bond acceptors (Lipinski definition) is 10. The van der Waals surface area contributed by atoms with Crippen molar-refractivity contribution in [1.29, 1.82) is 0 Å². The Morgan fingerprint density at radius 3 is 1.07 bits per heavy atom. The molecule has 92 valence electrons. The number of hydrogen-bond donors (Lipinski definition) is 6. The van der Waals surface area contributed by atoms with E-state index in [1.807, 2.05) is 0 Å². The lowest BCUT2D eigenvalue weighted by Gasteiger charge is -2.25. The van der Waals surface area contributed by atoms with Crippen molar-refractivity contribution in [3.63, 3.8) is 0 Å². The topological polar surface area (TPSA) is 158 Å². The lowest BCUT2D eigenvalue weighted by atomic mass is 11.8. The van der Waals surface area contributed by atoms with Crippen molar-refractivity contribution in [3.05, 3.63) is 0 Å². The summed E-state index contributed by atoms with van der Waals surface area (Å²) in [6.45, 7) is 0. The Balaban J connectivity index is 4.43. The summed E-state index contributed by atoms with van der Waals surface area (Å²) < 4.78 is 15.8. The molecule has 0 amide bonds. The molecule has 0 rings (SSSR count). The van der Waals surface area contributed by atoms with E-state index < -0.39 is 27.1 Å². The van der Waals surface area contributed by atoms with Gasteiger partial charge in [-0.3, -0.25) is 0 Å². The summed E-state index contributed by atoms with van der Waals surface area (Å²) in [5.41, 5.74) is 0. The van der Waals surface area contributed by atoms with Gasteiger partial charge in [0.25, 0.3) is 0 Å². The summed E-state index contributed by atoms with van der Waals surface area (Å²) in [6, 6.07) is 0. The molecule has 0 atom stereocenters. The second kappa shape index (κ2) is 5.05. The fourth-order valence-electron chi connectivity index (χ4n) is 0.451. The normalized spacial score (nSPS) is 14.4. The Hall–Kier alpha value is 0.251. The highest BCUT2D eigenvalue weighted by atomic mass is 28.5. The highest BCUT2D eigenvalue weighted by Gasteiger charge is 2.57. The molecule has 0 spiro atoms. The van der Waals surface area contributed by atoms with Gasteiger partial charge in [0.05, 0.1) is 0 Å². The highest BCUT2D eigenvalue weighted by Crippen LogP contribution is 2.10. The summed E-state index contributed by atoms with van der Waals surface area (Å²) in [6.07, 6.45) is 0. The zero-order valence-electron chi connectivity index (χ0n) is 7.82. The summed E-state index contributed by atoms with van der Waals surface area (Å²) in [4.78, 5) is 53.2. The molecule has 0 aliphatic heterocycles. The first-order chi connectivity index (χ1) is 6.54. The fraction of sp³-hybridized carbons (Fsp3) is 1.00.